The lowest BCUT2D eigenvalue weighted by atomic mass is 10.1. The molecule has 4 rings (SSSR count). The summed E-state index contributed by atoms with van der Waals surface area (Å²) in [5.74, 6) is 1.49. The number of nitrogens with one attached hydrogen (secondary N) is 2. The van der Waals surface area contributed by atoms with Crippen LogP contribution in [0.5, 0.6) is 11.5 Å². The van der Waals surface area contributed by atoms with Gasteiger partial charge in [0.15, 0.2) is 0 Å². The van der Waals surface area contributed by atoms with E-state index in [0.29, 0.717) is 0 Å². The Bertz CT molecular complexity index is 1180. The molecule has 0 aliphatic heterocycles. The third kappa shape index (κ3) is 4.30. The second-order valence-electron chi connectivity index (χ2n) is 6.90. The molecule has 0 saturated carbocycles. The van der Waals surface area contributed by atoms with Gasteiger partial charge < -0.3 is 24.8 Å². The zero-order chi connectivity index (χ0) is 21.8. The monoisotopic (exact) mass is 417 g/mol. The fraction of sp³-hybridized carbons (Fsp3) is 0.167. The Hall–Kier alpha value is -4.00. The highest BCUT2D eigenvalue weighted by Crippen LogP contribution is 2.36. The van der Waals surface area contributed by atoms with Crippen LogP contribution in [0.2, 0.25) is 0 Å². The maximum atomic E-state index is 11.3. The van der Waals surface area contributed by atoms with E-state index in [9.17, 15) is 4.79 Å². The van der Waals surface area contributed by atoms with Gasteiger partial charge in [0.05, 0.1) is 30.9 Å². The minimum Gasteiger partial charge on any atom is -0.497 e. The number of anilines is 2. The first kappa shape index (κ1) is 20.3. The van der Waals surface area contributed by atoms with Gasteiger partial charge in [-0.15, -0.1) is 0 Å². The van der Waals surface area contributed by atoms with Crippen LogP contribution in [0.25, 0.3) is 21.8 Å². The number of nitrogens with zero attached hydrogens (tertiary/aromatic N) is 1. The zero-order valence-corrected chi connectivity index (χ0v) is 17.6. The molecule has 2 N–H and O–H groups in total. The summed E-state index contributed by atoms with van der Waals surface area (Å²) in [7, 11) is 4.81. The van der Waals surface area contributed by atoms with Crippen LogP contribution in [0, 0.1) is 0 Å². The molecule has 1 aromatic heterocycles. The molecule has 0 aliphatic carbocycles. The van der Waals surface area contributed by atoms with Gasteiger partial charge >= 0.3 is 6.09 Å². The van der Waals surface area contributed by atoms with Crippen molar-refractivity contribution in [3.63, 3.8) is 0 Å². The second kappa shape index (κ2) is 8.79. The minimum atomic E-state index is -0.456. The Labute approximate surface area is 179 Å². The number of fused-ring (bicyclic) bond motifs is 2. The molecule has 31 heavy (non-hydrogen) atoms. The fourth-order valence-corrected chi connectivity index (χ4v) is 3.34. The van der Waals surface area contributed by atoms with Gasteiger partial charge in [-0.3, -0.25) is 0 Å². The van der Waals surface area contributed by atoms with Crippen LogP contribution < -0.4 is 20.1 Å². The highest BCUT2D eigenvalue weighted by molar-refractivity contribution is 6.09. The van der Waals surface area contributed by atoms with Gasteiger partial charge in [0.25, 0.3) is 0 Å². The number of aromatic nitrogens is 1. The van der Waals surface area contributed by atoms with E-state index in [1.54, 1.807) is 14.2 Å². The number of pyridine rings is 1. The largest absolute Gasteiger partial charge is 0.497 e. The predicted octanol–water partition coefficient (Wildman–Crippen LogP) is 5.00. The average Bonchev–Trinajstić information content (AvgIpc) is 2.82. The molecule has 158 valence electrons. The van der Waals surface area contributed by atoms with Crippen molar-refractivity contribution in [2.45, 2.75) is 6.61 Å². The van der Waals surface area contributed by atoms with Crippen molar-refractivity contribution in [2.75, 3.05) is 26.6 Å². The van der Waals surface area contributed by atoms with Crippen molar-refractivity contribution in [1.29, 1.82) is 0 Å². The van der Waals surface area contributed by atoms with Gasteiger partial charge in [0.1, 0.15) is 18.1 Å². The van der Waals surface area contributed by atoms with Crippen LogP contribution in [0.15, 0.2) is 60.7 Å². The van der Waals surface area contributed by atoms with E-state index in [4.69, 9.17) is 19.2 Å². The molecule has 0 saturated heterocycles. The van der Waals surface area contributed by atoms with Gasteiger partial charge in [-0.2, -0.15) is 0 Å². The SMILES string of the molecule is CNC(=O)OCc1ccc(Nc2c3ccc(OC)cc3nc3cc(OC)ccc23)cc1. The lowest BCUT2D eigenvalue weighted by molar-refractivity contribution is 0.142. The summed E-state index contributed by atoms with van der Waals surface area (Å²) in [6.45, 7) is 0.209. The minimum absolute atomic E-state index is 0.209. The smallest absolute Gasteiger partial charge is 0.407 e. The number of ether oxygens (including phenoxy) is 3. The summed E-state index contributed by atoms with van der Waals surface area (Å²) in [6, 6.07) is 19.4. The van der Waals surface area contributed by atoms with Crippen molar-refractivity contribution in [1.82, 2.24) is 10.3 Å². The maximum absolute atomic E-state index is 11.3. The van der Waals surface area contributed by atoms with Crippen molar-refractivity contribution in [2.24, 2.45) is 0 Å². The Morgan fingerprint density at radius 3 is 1.97 bits per heavy atom. The summed E-state index contributed by atoms with van der Waals surface area (Å²) < 4.78 is 15.8. The number of benzene rings is 3. The zero-order valence-electron chi connectivity index (χ0n) is 17.6. The van der Waals surface area contributed by atoms with Gasteiger partial charge in [0.2, 0.25) is 0 Å². The molecule has 0 fully saturated rings. The Kier molecular flexibility index (Phi) is 5.75. The maximum Gasteiger partial charge on any atom is 0.407 e. The summed E-state index contributed by atoms with van der Waals surface area (Å²) in [6.07, 6.45) is -0.456. The van der Waals surface area contributed by atoms with Gasteiger partial charge in [0, 0.05) is 35.6 Å². The first-order valence-electron chi connectivity index (χ1n) is 9.77. The molecule has 0 unspecified atom stereocenters. The van der Waals surface area contributed by atoms with E-state index in [0.717, 1.165) is 50.2 Å². The highest BCUT2D eigenvalue weighted by atomic mass is 16.5. The molecule has 4 aromatic rings. The third-order valence-electron chi connectivity index (χ3n) is 4.99. The lowest BCUT2D eigenvalue weighted by Gasteiger charge is -2.15. The van der Waals surface area contributed by atoms with E-state index >= 15 is 0 Å². The molecule has 0 aliphatic rings. The summed E-state index contributed by atoms with van der Waals surface area (Å²) in [5, 5.41) is 7.91. The van der Waals surface area contributed by atoms with Gasteiger partial charge in [-0.25, -0.2) is 9.78 Å². The van der Waals surface area contributed by atoms with E-state index in [1.807, 2.05) is 60.7 Å². The van der Waals surface area contributed by atoms with Crippen LogP contribution in [0.4, 0.5) is 16.2 Å². The molecule has 0 atom stereocenters. The first-order chi connectivity index (χ1) is 15.1. The molecular weight excluding hydrogens is 394 g/mol. The lowest BCUT2D eigenvalue weighted by Crippen LogP contribution is -2.18. The van der Waals surface area contributed by atoms with Gasteiger partial charge in [-0.1, -0.05) is 12.1 Å². The molecule has 1 amide bonds. The number of rotatable bonds is 6. The predicted molar refractivity (Wildman–Crippen MR) is 121 cm³/mol. The number of carbonyl (C=O) groups excluding carboxylic acids is 1. The first-order valence-corrected chi connectivity index (χ1v) is 9.77. The molecule has 1 heterocycles. The Balaban J connectivity index is 1.73. The summed E-state index contributed by atoms with van der Waals surface area (Å²) in [4.78, 5) is 16.1. The van der Waals surface area contributed by atoms with Crippen molar-refractivity contribution >= 4 is 39.3 Å². The van der Waals surface area contributed by atoms with Crippen molar-refractivity contribution < 1.29 is 19.0 Å². The molecule has 0 spiro atoms. The summed E-state index contributed by atoms with van der Waals surface area (Å²) >= 11 is 0. The van der Waals surface area contributed by atoms with Crippen LogP contribution in [0.1, 0.15) is 5.56 Å². The quantitative estimate of drug-likeness (QED) is 0.430. The van der Waals surface area contributed by atoms with Crippen LogP contribution >= 0.6 is 0 Å². The topological polar surface area (TPSA) is 81.7 Å². The van der Waals surface area contributed by atoms with Crippen LogP contribution in [-0.2, 0) is 11.3 Å². The number of hydrogen-bond acceptors (Lipinski definition) is 6. The van der Waals surface area contributed by atoms with Crippen LogP contribution in [0.3, 0.4) is 0 Å². The van der Waals surface area contributed by atoms with E-state index in [2.05, 4.69) is 10.6 Å². The average molecular weight is 417 g/mol. The normalized spacial score (nSPS) is 10.7. The number of carbonyl (C=O) groups is 1. The highest BCUT2D eigenvalue weighted by Gasteiger charge is 2.12. The van der Waals surface area contributed by atoms with E-state index in [-0.39, 0.29) is 6.61 Å². The number of hydrogen-bond donors (Lipinski definition) is 2. The molecule has 3 aromatic carbocycles. The molecule has 0 radical (unpaired) electrons. The summed E-state index contributed by atoms with van der Waals surface area (Å²) in [5.41, 5.74) is 4.38. The number of amides is 1. The molecular formula is C24H23N3O4. The Morgan fingerprint density at radius 1 is 0.871 bits per heavy atom. The fourth-order valence-electron chi connectivity index (χ4n) is 3.34. The van der Waals surface area contributed by atoms with Crippen molar-refractivity contribution in [3.8, 4) is 11.5 Å². The van der Waals surface area contributed by atoms with E-state index in [1.165, 1.54) is 7.05 Å². The number of alkyl carbamates (subject to hydrolysis) is 1. The van der Waals surface area contributed by atoms with Gasteiger partial charge in [-0.05, 0) is 42.0 Å². The Morgan fingerprint density at radius 2 is 1.45 bits per heavy atom. The third-order valence-corrected chi connectivity index (χ3v) is 4.99. The molecule has 0 bridgehead atoms. The second-order valence-corrected chi connectivity index (χ2v) is 6.90. The standard InChI is InChI=1S/C24H23N3O4/c1-25-24(28)31-14-15-4-6-16(7-5-15)26-23-19-10-8-17(29-2)12-21(19)27-22-13-18(30-3)9-11-20(22)23/h4-13H,14H2,1-3H3,(H,25,28)(H,26,27). The van der Waals surface area contributed by atoms with Crippen LogP contribution in [-0.4, -0.2) is 32.3 Å². The van der Waals surface area contributed by atoms with E-state index < -0.39 is 6.09 Å². The van der Waals surface area contributed by atoms with Crippen molar-refractivity contribution in [3.05, 3.63) is 66.2 Å². The number of methoxy groups -OCH3 is 2. The molecule has 7 nitrogen and oxygen atoms in total. The molecule has 7 heteroatoms.